The Bertz CT molecular complexity index is 152. The standard InChI is InChI=1S/C11H23NO/c1-9-6-13-7-10(2)12(9)8-11(3,4)5/h9-10H,6-8H2,1-5H3. The molecule has 0 aromatic heterocycles. The molecule has 78 valence electrons. The fraction of sp³-hybridized carbons (Fsp3) is 1.00. The van der Waals surface area contributed by atoms with Crippen molar-refractivity contribution in [1.82, 2.24) is 4.90 Å². The lowest BCUT2D eigenvalue weighted by molar-refractivity contribution is -0.0492. The van der Waals surface area contributed by atoms with Crippen molar-refractivity contribution < 1.29 is 4.74 Å². The summed E-state index contributed by atoms with van der Waals surface area (Å²) >= 11 is 0. The van der Waals surface area contributed by atoms with E-state index in [9.17, 15) is 0 Å². The van der Waals surface area contributed by atoms with E-state index in [2.05, 4.69) is 39.5 Å². The van der Waals surface area contributed by atoms with E-state index >= 15 is 0 Å². The van der Waals surface area contributed by atoms with Crippen LogP contribution in [-0.4, -0.2) is 36.7 Å². The number of nitrogens with zero attached hydrogens (tertiary/aromatic N) is 1. The van der Waals surface area contributed by atoms with E-state index in [1.54, 1.807) is 0 Å². The largest absolute Gasteiger partial charge is 0.378 e. The molecule has 0 amide bonds. The first-order chi connectivity index (χ1) is 5.90. The van der Waals surface area contributed by atoms with Crippen LogP contribution in [0.2, 0.25) is 0 Å². The molecule has 1 heterocycles. The minimum Gasteiger partial charge on any atom is -0.378 e. The average Bonchev–Trinajstić information content (AvgIpc) is 1.95. The van der Waals surface area contributed by atoms with Crippen LogP contribution in [0.15, 0.2) is 0 Å². The predicted octanol–water partition coefficient (Wildman–Crippen LogP) is 2.14. The zero-order valence-electron chi connectivity index (χ0n) is 9.63. The second kappa shape index (κ2) is 3.97. The van der Waals surface area contributed by atoms with Crippen molar-refractivity contribution in [2.45, 2.75) is 46.7 Å². The Labute approximate surface area is 82.3 Å². The Morgan fingerprint density at radius 2 is 1.62 bits per heavy atom. The number of ether oxygens (including phenoxy) is 1. The summed E-state index contributed by atoms with van der Waals surface area (Å²) in [6, 6.07) is 1.14. The first-order valence-corrected chi connectivity index (χ1v) is 5.23. The molecule has 1 aliphatic heterocycles. The quantitative estimate of drug-likeness (QED) is 0.620. The summed E-state index contributed by atoms with van der Waals surface area (Å²) < 4.78 is 5.50. The SMILES string of the molecule is CC1COCC(C)N1CC(C)(C)C. The van der Waals surface area contributed by atoms with Crippen LogP contribution in [0.4, 0.5) is 0 Å². The van der Waals surface area contributed by atoms with E-state index in [0.29, 0.717) is 17.5 Å². The molecule has 0 aliphatic carbocycles. The van der Waals surface area contributed by atoms with Gasteiger partial charge in [0.15, 0.2) is 0 Å². The molecule has 0 N–H and O–H groups in total. The lowest BCUT2D eigenvalue weighted by atomic mass is 9.94. The second-order valence-corrected chi connectivity index (χ2v) is 5.47. The zero-order valence-corrected chi connectivity index (χ0v) is 9.63. The van der Waals surface area contributed by atoms with Gasteiger partial charge in [-0.15, -0.1) is 0 Å². The molecule has 1 saturated heterocycles. The number of morpholine rings is 1. The Morgan fingerprint density at radius 1 is 1.15 bits per heavy atom. The summed E-state index contributed by atoms with van der Waals surface area (Å²) in [5.74, 6) is 0. The van der Waals surface area contributed by atoms with Crippen LogP contribution in [0, 0.1) is 5.41 Å². The Balaban J connectivity index is 2.54. The summed E-state index contributed by atoms with van der Waals surface area (Å²) in [5, 5.41) is 0. The molecule has 2 unspecified atom stereocenters. The maximum atomic E-state index is 5.50. The summed E-state index contributed by atoms with van der Waals surface area (Å²) in [5.41, 5.74) is 0.389. The molecule has 0 radical (unpaired) electrons. The van der Waals surface area contributed by atoms with Gasteiger partial charge in [0.1, 0.15) is 0 Å². The molecule has 0 bridgehead atoms. The van der Waals surface area contributed by atoms with Crippen molar-refractivity contribution in [2.24, 2.45) is 5.41 Å². The third-order valence-corrected chi connectivity index (χ3v) is 2.51. The van der Waals surface area contributed by atoms with Gasteiger partial charge in [0.25, 0.3) is 0 Å². The Kier molecular flexibility index (Phi) is 3.36. The van der Waals surface area contributed by atoms with Gasteiger partial charge in [-0.2, -0.15) is 0 Å². The first-order valence-electron chi connectivity index (χ1n) is 5.23. The minimum absolute atomic E-state index is 0.389. The van der Waals surface area contributed by atoms with E-state index in [1.807, 2.05) is 0 Å². The van der Waals surface area contributed by atoms with Crippen molar-refractivity contribution in [2.75, 3.05) is 19.8 Å². The van der Waals surface area contributed by atoms with E-state index < -0.39 is 0 Å². The molecule has 0 saturated carbocycles. The van der Waals surface area contributed by atoms with Crippen molar-refractivity contribution >= 4 is 0 Å². The topological polar surface area (TPSA) is 12.5 Å². The van der Waals surface area contributed by atoms with Gasteiger partial charge < -0.3 is 4.74 Å². The molecular formula is C11H23NO. The van der Waals surface area contributed by atoms with Gasteiger partial charge in [-0.1, -0.05) is 20.8 Å². The maximum Gasteiger partial charge on any atom is 0.0620 e. The van der Waals surface area contributed by atoms with Crippen LogP contribution in [0.3, 0.4) is 0 Å². The number of hydrogen-bond donors (Lipinski definition) is 0. The van der Waals surface area contributed by atoms with E-state index in [1.165, 1.54) is 6.54 Å². The summed E-state index contributed by atoms with van der Waals surface area (Å²) in [6.45, 7) is 14.3. The molecule has 1 rings (SSSR count). The van der Waals surface area contributed by atoms with Gasteiger partial charge >= 0.3 is 0 Å². The highest BCUT2D eigenvalue weighted by atomic mass is 16.5. The van der Waals surface area contributed by atoms with E-state index in [-0.39, 0.29) is 0 Å². The Hall–Kier alpha value is -0.0800. The Morgan fingerprint density at radius 3 is 2.00 bits per heavy atom. The summed E-state index contributed by atoms with van der Waals surface area (Å²) in [6.07, 6.45) is 0. The van der Waals surface area contributed by atoms with Crippen LogP contribution in [0.25, 0.3) is 0 Å². The second-order valence-electron chi connectivity index (χ2n) is 5.47. The van der Waals surface area contributed by atoms with Crippen molar-refractivity contribution in [3.8, 4) is 0 Å². The zero-order chi connectivity index (χ0) is 10.1. The van der Waals surface area contributed by atoms with Gasteiger partial charge in [0, 0.05) is 18.6 Å². The first kappa shape index (κ1) is 11.0. The summed E-state index contributed by atoms with van der Waals surface area (Å²) in [7, 11) is 0. The molecule has 0 aromatic rings. The van der Waals surface area contributed by atoms with Crippen molar-refractivity contribution in [3.63, 3.8) is 0 Å². The van der Waals surface area contributed by atoms with Crippen molar-refractivity contribution in [3.05, 3.63) is 0 Å². The van der Waals surface area contributed by atoms with Gasteiger partial charge in [-0.05, 0) is 19.3 Å². The van der Waals surface area contributed by atoms with E-state index in [0.717, 1.165) is 13.2 Å². The summed E-state index contributed by atoms with van der Waals surface area (Å²) in [4.78, 5) is 2.56. The van der Waals surface area contributed by atoms with Crippen molar-refractivity contribution in [1.29, 1.82) is 0 Å². The third-order valence-electron chi connectivity index (χ3n) is 2.51. The number of rotatable bonds is 1. The molecule has 2 atom stereocenters. The van der Waals surface area contributed by atoms with Crippen LogP contribution in [0.5, 0.6) is 0 Å². The highest BCUT2D eigenvalue weighted by Gasteiger charge is 2.28. The molecule has 1 fully saturated rings. The van der Waals surface area contributed by atoms with Gasteiger partial charge in [0.2, 0.25) is 0 Å². The highest BCUT2D eigenvalue weighted by molar-refractivity contribution is 4.81. The maximum absolute atomic E-state index is 5.50. The lowest BCUT2D eigenvalue weighted by Crippen LogP contribution is -2.52. The fourth-order valence-electron chi connectivity index (χ4n) is 1.89. The molecule has 0 aromatic carbocycles. The molecule has 1 aliphatic rings. The van der Waals surface area contributed by atoms with Crippen LogP contribution in [0.1, 0.15) is 34.6 Å². The smallest absolute Gasteiger partial charge is 0.0620 e. The minimum atomic E-state index is 0.389. The molecule has 0 spiro atoms. The van der Waals surface area contributed by atoms with Crippen LogP contribution >= 0.6 is 0 Å². The monoisotopic (exact) mass is 185 g/mol. The normalized spacial score (nSPS) is 32.1. The average molecular weight is 185 g/mol. The molecular weight excluding hydrogens is 162 g/mol. The predicted molar refractivity (Wildman–Crippen MR) is 55.9 cm³/mol. The molecule has 2 heteroatoms. The fourth-order valence-corrected chi connectivity index (χ4v) is 1.89. The number of hydrogen-bond acceptors (Lipinski definition) is 2. The molecule has 2 nitrogen and oxygen atoms in total. The van der Waals surface area contributed by atoms with E-state index in [4.69, 9.17) is 4.74 Å². The highest BCUT2D eigenvalue weighted by Crippen LogP contribution is 2.21. The van der Waals surface area contributed by atoms with Crippen LogP contribution < -0.4 is 0 Å². The van der Waals surface area contributed by atoms with Gasteiger partial charge in [-0.25, -0.2) is 0 Å². The molecule has 13 heavy (non-hydrogen) atoms. The lowest BCUT2D eigenvalue weighted by Gasteiger charge is -2.42. The van der Waals surface area contributed by atoms with Crippen LogP contribution in [-0.2, 0) is 4.74 Å². The van der Waals surface area contributed by atoms with Gasteiger partial charge in [-0.3, -0.25) is 4.90 Å². The van der Waals surface area contributed by atoms with Gasteiger partial charge in [0.05, 0.1) is 13.2 Å². The third kappa shape index (κ3) is 3.28.